The lowest BCUT2D eigenvalue weighted by Crippen LogP contribution is -2.07. The van der Waals surface area contributed by atoms with Gasteiger partial charge in [-0.25, -0.2) is 8.78 Å². The van der Waals surface area contributed by atoms with Crippen LogP contribution in [0.15, 0.2) is 52.9 Å². The molecule has 2 aromatic carbocycles. The third-order valence-electron chi connectivity index (χ3n) is 3.13. The number of nitrogens with zero attached hydrogens (tertiary/aromatic N) is 2. The fourth-order valence-electron chi connectivity index (χ4n) is 2.00. The van der Waals surface area contributed by atoms with E-state index in [0.717, 1.165) is 17.7 Å². The number of aromatic nitrogens is 2. The maximum atomic E-state index is 13.2. The molecule has 0 radical (unpaired) electrons. The van der Waals surface area contributed by atoms with Gasteiger partial charge in [0.1, 0.15) is 6.04 Å². The van der Waals surface area contributed by atoms with E-state index in [4.69, 9.17) is 4.42 Å². The zero-order chi connectivity index (χ0) is 15.5. The summed E-state index contributed by atoms with van der Waals surface area (Å²) in [7, 11) is 0. The standard InChI is InChI=1S/C16H13F2N3O/c1-10(19-12-7-8-13(17)14(18)9-12)15-20-21-16(22-15)11-5-3-2-4-6-11/h2-10,19H,1H3/t10-/m1/s1. The normalized spacial score (nSPS) is 12.1. The van der Waals surface area contributed by atoms with Crippen LogP contribution in [0.3, 0.4) is 0 Å². The Bertz CT molecular complexity index is 774. The van der Waals surface area contributed by atoms with Crippen molar-refractivity contribution < 1.29 is 13.2 Å². The third-order valence-corrected chi connectivity index (χ3v) is 3.13. The van der Waals surface area contributed by atoms with Crippen molar-refractivity contribution in [2.24, 2.45) is 0 Å². The minimum Gasteiger partial charge on any atom is -0.418 e. The SMILES string of the molecule is C[C@@H](Nc1ccc(F)c(F)c1)c1nnc(-c2ccccc2)o1. The Morgan fingerprint density at radius 3 is 2.50 bits per heavy atom. The Morgan fingerprint density at radius 1 is 1.00 bits per heavy atom. The van der Waals surface area contributed by atoms with Crippen LogP contribution in [0.2, 0.25) is 0 Å². The van der Waals surface area contributed by atoms with E-state index in [1.54, 1.807) is 6.92 Å². The van der Waals surface area contributed by atoms with Crippen LogP contribution in [0.5, 0.6) is 0 Å². The molecule has 3 rings (SSSR count). The average Bonchev–Trinajstić information content (AvgIpc) is 3.02. The lowest BCUT2D eigenvalue weighted by atomic mass is 10.2. The van der Waals surface area contributed by atoms with Gasteiger partial charge in [0.2, 0.25) is 11.8 Å². The van der Waals surface area contributed by atoms with Crippen molar-refractivity contribution in [1.82, 2.24) is 10.2 Å². The number of hydrogen-bond donors (Lipinski definition) is 1. The zero-order valence-electron chi connectivity index (χ0n) is 11.8. The molecule has 0 unspecified atom stereocenters. The van der Waals surface area contributed by atoms with E-state index >= 15 is 0 Å². The van der Waals surface area contributed by atoms with E-state index in [-0.39, 0.29) is 6.04 Å². The smallest absolute Gasteiger partial charge is 0.247 e. The van der Waals surface area contributed by atoms with Gasteiger partial charge in [0.05, 0.1) is 0 Å². The minimum absolute atomic E-state index is 0.338. The molecule has 0 amide bonds. The summed E-state index contributed by atoms with van der Waals surface area (Å²) in [5, 5.41) is 11.0. The molecule has 112 valence electrons. The highest BCUT2D eigenvalue weighted by molar-refractivity contribution is 5.52. The van der Waals surface area contributed by atoms with Crippen LogP contribution in [0.1, 0.15) is 18.9 Å². The van der Waals surface area contributed by atoms with E-state index in [9.17, 15) is 8.78 Å². The molecule has 1 aromatic heterocycles. The largest absolute Gasteiger partial charge is 0.418 e. The summed E-state index contributed by atoms with van der Waals surface area (Å²) in [6, 6.07) is 12.6. The molecule has 1 atom stereocenters. The molecule has 0 aliphatic carbocycles. The van der Waals surface area contributed by atoms with Gasteiger partial charge in [0.15, 0.2) is 11.6 Å². The highest BCUT2D eigenvalue weighted by Crippen LogP contribution is 2.23. The topological polar surface area (TPSA) is 51.0 Å². The molecule has 6 heteroatoms. The Hall–Kier alpha value is -2.76. The minimum atomic E-state index is -0.910. The van der Waals surface area contributed by atoms with E-state index in [2.05, 4.69) is 15.5 Å². The van der Waals surface area contributed by atoms with Crippen LogP contribution in [-0.2, 0) is 0 Å². The van der Waals surface area contributed by atoms with Crippen molar-refractivity contribution in [2.75, 3.05) is 5.32 Å². The second kappa shape index (κ2) is 5.93. The van der Waals surface area contributed by atoms with Crippen LogP contribution in [0.4, 0.5) is 14.5 Å². The Labute approximate surface area is 125 Å². The molecule has 1 N–H and O–H groups in total. The lowest BCUT2D eigenvalue weighted by Gasteiger charge is -2.11. The fourth-order valence-corrected chi connectivity index (χ4v) is 2.00. The molecule has 0 saturated heterocycles. The number of rotatable bonds is 4. The average molecular weight is 301 g/mol. The zero-order valence-corrected chi connectivity index (χ0v) is 11.8. The summed E-state index contributed by atoms with van der Waals surface area (Å²) in [5.41, 5.74) is 1.26. The lowest BCUT2D eigenvalue weighted by molar-refractivity contribution is 0.484. The molecule has 3 aromatic rings. The molecule has 0 aliphatic rings. The molecule has 0 spiro atoms. The van der Waals surface area contributed by atoms with Crippen LogP contribution >= 0.6 is 0 Å². The predicted octanol–water partition coefficient (Wildman–Crippen LogP) is 4.19. The van der Waals surface area contributed by atoms with Crippen LogP contribution in [0.25, 0.3) is 11.5 Å². The van der Waals surface area contributed by atoms with Gasteiger partial charge in [-0.1, -0.05) is 18.2 Å². The quantitative estimate of drug-likeness (QED) is 0.785. The number of anilines is 1. The Kier molecular flexibility index (Phi) is 3.82. The molecule has 0 fully saturated rings. The molecular weight excluding hydrogens is 288 g/mol. The van der Waals surface area contributed by atoms with Crippen molar-refractivity contribution >= 4 is 5.69 Å². The number of nitrogens with one attached hydrogen (secondary N) is 1. The summed E-state index contributed by atoms with van der Waals surface area (Å²) in [4.78, 5) is 0. The second-order valence-electron chi connectivity index (χ2n) is 4.81. The van der Waals surface area contributed by atoms with Crippen molar-refractivity contribution in [1.29, 1.82) is 0 Å². The predicted molar refractivity (Wildman–Crippen MR) is 78.1 cm³/mol. The molecule has 4 nitrogen and oxygen atoms in total. The van der Waals surface area contributed by atoms with Crippen molar-refractivity contribution in [3.63, 3.8) is 0 Å². The van der Waals surface area contributed by atoms with Gasteiger partial charge in [-0.15, -0.1) is 10.2 Å². The second-order valence-corrected chi connectivity index (χ2v) is 4.81. The summed E-state index contributed by atoms with van der Waals surface area (Å²) in [6.07, 6.45) is 0. The number of benzene rings is 2. The van der Waals surface area contributed by atoms with Gasteiger partial charge in [0.25, 0.3) is 0 Å². The summed E-state index contributed by atoms with van der Waals surface area (Å²) < 4.78 is 31.7. The first-order chi connectivity index (χ1) is 10.6. The van der Waals surface area contributed by atoms with E-state index in [1.165, 1.54) is 6.07 Å². The fraction of sp³-hybridized carbons (Fsp3) is 0.125. The van der Waals surface area contributed by atoms with Gasteiger partial charge in [-0.05, 0) is 31.2 Å². The Morgan fingerprint density at radius 2 is 1.77 bits per heavy atom. The van der Waals surface area contributed by atoms with Gasteiger partial charge in [0, 0.05) is 17.3 Å². The van der Waals surface area contributed by atoms with Crippen molar-refractivity contribution in [3.8, 4) is 11.5 Å². The summed E-state index contributed by atoms with van der Waals surface area (Å²) in [5.74, 6) is -1.02. The number of halogens is 2. The van der Waals surface area contributed by atoms with E-state index in [1.807, 2.05) is 30.3 Å². The first kappa shape index (κ1) is 14.2. The molecule has 1 heterocycles. The summed E-state index contributed by atoms with van der Waals surface area (Å²) >= 11 is 0. The van der Waals surface area contributed by atoms with Gasteiger partial charge in [-0.3, -0.25) is 0 Å². The van der Waals surface area contributed by atoms with Crippen LogP contribution in [0, 0.1) is 11.6 Å². The van der Waals surface area contributed by atoms with E-state index in [0.29, 0.717) is 17.5 Å². The first-order valence-electron chi connectivity index (χ1n) is 6.74. The van der Waals surface area contributed by atoms with E-state index < -0.39 is 11.6 Å². The Balaban J connectivity index is 1.77. The first-order valence-corrected chi connectivity index (χ1v) is 6.74. The molecule has 0 bridgehead atoms. The highest BCUT2D eigenvalue weighted by atomic mass is 19.2. The van der Waals surface area contributed by atoms with Gasteiger partial charge in [-0.2, -0.15) is 0 Å². The molecule has 0 saturated carbocycles. The van der Waals surface area contributed by atoms with Crippen molar-refractivity contribution in [2.45, 2.75) is 13.0 Å². The molecule has 22 heavy (non-hydrogen) atoms. The maximum Gasteiger partial charge on any atom is 0.247 e. The molecule has 0 aliphatic heterocycles. The maximum absolute atomic E-state index is 13.2. The van der Waals surface area contributed by atoms with Gasteiger partial charge >= 0.3 is 0 Å². The van der Waals surface area contributed by atoms with Crippen molar-refractivity contribution in [3.05, 3.63) is 66.1 Å². The molecular formula is C16H13F2N3O. The third kappa shape index (κ3) is 2.95. The highest BCUT2D eigenvalue weighted by Gasteiger charge is 2.15. The van der Waals surface area contributed by atoms with Crippen LogP contribution < -0.4 is 5.32 Å². The monoisotopic (exact) mass is 301 g/mol. The number of hydrogen-bond acceptors (Lipinski definition) is 4. The summed E-state index contributed by atoms with van der Waals surface area (Å²) in [6.45, 7) is 1.80. The van der Waals surface area contributed by atoms with Gasteiger partial charge < -0.3 is 9.73 Å². The van der Waals surface area contributed by atoms with Crippen LogP contribution in [-0.4, -0.2) is 10.2 Å².